The van der Waals surface area contributed by atoms with Crippen LogP contribution in [0.2, 0.25) is 0 Å². The predicted octanol–water partition coefficient (Wildman–Crippen LogP) is -0.471. The third kappa shape index (κ3) is 3.24. The Morgan fingerprint density at radius 2 is 1.45 bits per heavy atom. The highest BCUT2D eigenvalue weighted by molar-refractivity contribution is 5.83. The van der Waals surface area contributed by atoms with Crippen LogP contribution < -0.4 is 18.6 Å². The molecule has 22 heavy (non-hydrogen) atoms. The van der Waals surface area contributed by atoms with Crippen LogP contribution in [-0.2, 0) is 6.42 Å². The number of hydrogen-bond donors (Lipinski definition) is 0. The molecule has 0 unspecified atom stereocenters. The summed E-state index contributed by atoms with van der Waals surface area (Å²) in [7, 11) is -4.94. The lowest BCUT2D eigenvalue weighted by molar-refractivity contribution is -2.00. The summed E-state index contributed by atoms with van der Waals surface area (Å²) in [5.74, 6) is 1.04. The van der Waals surface area contributed by atoms with Crippen molar-refractivity contribution in [1.29, 1.82) is 0 Å². The summed E-state index contributed by atoms with van der Waals surface area (Å²) in [5.41, 5.74) is 4.86. The van der Waals surface area contributed by atoms with E-state index in [9.17, 15) is 0 Å². The maximum atomic E-state index is 8.49. The Morgan fingerprint density at radius 1 is 0.818 bits per heavy atom. The fraction of sp³-hybridized carbons (Fsp3) is 0.0625. The summed E-state index contributed by atoms with van der Waals surface area (Å²) in [4.78, 5) is 0. The molecule has 1 aromatic heterocycles. The summed E-state index contributed by atoms with van der Waals surface area (Å²) >= 11 is 0. The first kappa shape index (κ1) is 14.9. The minimum absolute atomic E-state index is 0.961. The van der Waals surface area contributed by atoms with Crippen molar-refractivity contribution in [2.45, 2.75) is 6.42 Å². The second kappa shape index (κ2) is 5.64. The second-order valence-corrected chi connectivity index (χ2v) is 5.61. The molecule has 3 aromatic rings. The van der Waals surface area contributed by atoms with Crippen molar-refractivity contribution in [3.63, 3.8) is 0 Å². The molecule has 1 aliphatic rings. The number of rotatable bonds is 0. The van der Waals surface area contributed by atoms with Crippen molar-refractivity contribution in [3.05, 3.63) is 65.7 Å². The molecule has 1 heterocycles. The molecule has 0 amide bonds. The third-order valence-electron chi connectivity index (χ3n) is 3.40. The first-order valence-corrected chi connectivity index (χ1v) is 7.70. The van der Waals surface area contributed by atoms with Gasteiger partial charge in [0.25, 0.3) is 0 Å². The average molecular weight is 319 g/mol. The summed E-state index contributed by atoms with van der Waals surface area (Å²) in [5, 5.41) is 1.18. The van der Waals surface area contributed by atoms with E-state index < -0.39 is 10.2 Å². The van der Waals surface area contributed by atoms with E-state index in [0.29, 0.717) is 0 Å². The van der Waals surface area contributed by atoms with Gasteiger partial charge in [0.05, 0.1) is 16.5 Å². The SMILES string of the molecule is [O-][Cl+3]([O-])([O-])[O-].c1ccc2c(c1)Cc1cc3ccccc3[o+]c1-2. The maximum Gasteiger partial charge on any atom is 0.364 e. The van der Waals surface area contributed by atoms with Crippen molar-refractivity contribution in [2.24, 2.45) is 0 Å². The number of halogens is 1. The molecule has 0 atom stereocenters. The van der Waals surface area contributed by atoms with Crippen molar-refractivity contribution < 1.29 is 33.3 Å². The lowest BCUT2D eigenvalue weighted by Gasteiger charge is -2.17. The monoisotopic (exact) mass is 318 g/mol. The Bertz CT molecular complexity index is 820. The predicted molar refractivity (Wildman–Crippen MR) is 68.9 cm³/mol. The zero-order chi connectivity index (χ0) is 15.7. The fourth-order valence-corrected chi connectivity index (χ4v) is 2.58. The lowest BCUT2D eigenvalue weighted by Crippen LogP contribution is -2.68. The quantitative estimate of drug-likeness (QED) is 0.408. The van der Waals surface area contributed by atoms with Crippen molar-refractivity contribution in [3.8, 4) is 11.3 Å². The molecule has 6 heteroatoms. The topological polar surface area (TPSA) is 104 Å². The van der Waals surface area contributed by atoms with Crippen LogP contribution >= 0.6 is 0 Å². The van der Waals surface area contributed by atoms with Gasteiger partial charge in [0.1, 0.15) is 0 Å². The molecule has 0 spiro atoms. The number of hydrogen-bond acceptors (Lipinski definition) is 4. The summed E-state index contributed by atoms with van der Waals surface area (Å²) in [6.45, 7) is 0. The molecule has 2 aromatic carbocycles. The van der Waals surface area contributed by atoms with Gasteiger partial charge in [-0.3, -0.25) is 0 Å². The van der Waals surface area contributed by atoms with E-state index in [1.165, 1.54) is 22.1 Å². The van der Waals surface area contributed by atoms with E-state index in [-0.39, 0.29) is 0 Å². The number of fused-ring (bicyclic) bond motifs is 4. The van der Waals surface area contributed by atoms with Gasteiger partial charge in [-0.1, -0.05) is 30.3 Å². The highest BCUT2D eigenvalue weighted by Gasteiger charge is 2.29. The molecule has 1 aliphatic carbocycles. The van der Waals surface area contributed by atoms with Crippen LogP contribution in [0.3, 0.4) is 0 Å². The van der Waals surface area contributed by atoms with Gasteiger partial charge in [-0.2, -0.15) is 0 Å². The summed E-state index contributed by atoms with van der Waals surface area (Å²) in [6, 6.07) is 18.9. The minimum atomic E-state index is -4.94. The molecule has 0 fully saturated rings. The van der Waals surface area contributed by atoms with Gasteiger partial charge in [-0.15, -0.1) is 10.2 Å². The number of benzene rings is 2. The molecular weight excluding hydrogens is 308 g/mol. The van der Waals surface area contributed by atoms with E-state index >= 15 is 0 Å². The minimum Gasteiger partial charge on any atom is -0.222 e. The van der Waals surface area contributed by atoms with E-state index in [1.54, 1.807) is 0 Å². The lowest BCUT2D eigenvalue weighted by atomic mass is 10.1. The van der Waals surface area contributed by atoms with Crippen LogP contribution in [-0.4, -0.2) is 0 Å². The summed E-state index contributed by atoms with van der Waals surface area (Å²) in [6.07, 6.45) is 0.986. The largest absolute Gasteiger partial charge is 0.364 e. The van der Waals surface area contributed by atoms with E-state index in [0.717, 1.165) is 17.8 Å². The van der Waals surface area contributed by atoms with Crippen LogP contribution in [0.25, 0.3) is 22.3 Å². The van der Waals surface area contributed by atoms with Crippen molar-refractivity contribution in [1.82, 2.24) is 0 Å². The molecule has 0 saturated carbocycles. The molecule has 0 aliphatic heterocycles. The van der Waals surface area contributed by atoms with Crippen molar-refractivity contribution >= 4 is 11.0 Å². The highest BCUT2D eigenvalue weighted by atomic mass is 35.7. The zero-order valence-corrected chi connectivity index (χ0v) is 12.1. The van der Waals surface area contributed by atoms with Gasteiger partial charge < -0.3 is 0 Å². The van der Waals surface area contributed by atoms with E-state index in [1.807, 2.05) is 18.2 Å². The third-order valence-corrected chi connectivity index (χ3v) is 3.40. The second-order valence-electron chi connectivity index (χ2n) is 4.85. The Hall–Kier alpha value is -2.02. The zero-order valence-electron chi connectivity index (χ0n) is 11.3. The van der Waals surface area contributed by atoms with Crippen LogP contribution in [0.15, 0.2) is 59.0 Å². The smallest absolute Gasteiger partial charge is 0.222 e. The van der Waals surface area contributed by atoms with E-state index in [2.05, 4.69) is 36.4 Å². The van der Waals surface area contributed by atoms with Crippen LogP contribution in [0.5, 0.6) is 0 Å². The number of para-hydroxylation sites is 1. The first-order valence-electron chi connectivity index (χ1n) is 6.46. The van der Waals surface area contributed by atoms with E-state index in [4.69, 9.17) is 23.1 Å². The standard InChI is InChI=1S/C16H11O.ClHO4/c1-3-7-14-11(5-1)9-13-10-12-6-2-4-8-15(12)17-16(13)14;2-1(3,4)5/h1-8,10H,9H2;(H,2,3,4,5)/q+1;/p-1. The van der Waals surface area contributed by atoms with Crippen LogP contribution in [0.4, 0.5) is 0 Å². The van der Waals surface area contributed by atoms with Crippen LogP contribution in [0, 0.1) is 10.2 Å². The van der Waals surface area contributed by atoms with Gasteiger partial charge in [0, 0.05) is 12.5 Å². The molecule has 0 bridgehead atoms. The normalized spacial score (nSPS) is 12.4. The first-order chi connectivity index (χ1) is 10.4. The molecule has 112 valence electrons. The molecule has 4 rings (SSSR count). The highest BCUT2D eigenvalue weighted by Crippen LogP contribution is 2.38. The van der Waals surface area contributed by atoms with Gasteiger partial charge in [0.15, 0.2) is 0 Å². The molecule has 0 radical (unpaired) electrons. The average Bonchev–Trinajstić information content (AvgIpc) is 2.80. The van der Waals surface area contributed by atoms with Gasteiger partial charge in [-0.05, 0) is 23.8 Å². The van der Waals surface area contributed by atoms with Gasteiger partial charge >= 0.3 is 11.3 Å². The molecule has 5 nitrogen and oxygen atoms in total. The van der Waals surface area contributed by atoms with Crippen molar-refractivity contribution in [2.75, 3.05) is 0 Å². The maximum absolute atomic E-state index is 8.49. The van der Waals surface area contributed by atoms with Crippen LogP contribution in [0.1, 0.15) is 11.1 Å². The Morgan fingerprint density at radius 3 is 2.23 bits per heavy atom. The Balaban J connectivity index is 0.000000254. The summed E-state index contributed by atoms with van der Waals surface area (Å²) < 4.78 is 40.0. The Kier molecular flexibility index (Phi) is 3.82. The molecule has 0 saturated heterocycles. The molecular formula is C16H11ClO5. The fourth-order valence-electron chi connectivity index (χ4n) is 2.58. The Labute approximate surface area is 128 Å². The van der Waals surface area contributed by atoms with Gasteiger partial charge in [0.2, 0.25) is 0 Å². The molecule has 0 N–H and O–H groups in total. The van der Waals surface area contributed by atoms with Gasteiger partial charge in [-0.25, -0.2) is 23.1 Å².